The normalized spacial score (nSPS) is 18.8. The van der Waals surface area contributed by atoms with E-state index in [2.05, 4.69) is 28.1 Å². The van der Waals surface area contributed by atoms with Crippen molar-refractivity contribution in [1.29, 1.82) is 0 Å². The van der Waals surface area contributed by atoms with Crippen molar-refractivity contribution in [2.45, 2.75) is 18.9 Å². The minimum absolute atomic E-state index is 0.0823. The maximum absolute atomic E-state index is 12.0. The lowest BCUT2D eigenvalue weighted by molar-refractivity contribution is 0.122. The van der Waals surface area contributed by atoms with Gasteiger partial charge >= 0.3 is 0 Å². The van der Waals surface area contributed by atoms with Gasteiger partial charge in [-0.1, -0.05) is 12.1 Å². The molecule has 2 fully saturated rings. The van der Waals surface area contributed by atoms with Gasteiger partial charge in [0.2, 0.25) is 16.0 Å². The average molecular weight is 482 g/mol. The number of benzene rings is 1. The molecule has 0 bridgehead atoms. The zero-order chi connectivity index (χ0) is 23.3. The molecule has 0 spiro atoms. The molecule has 2 aliphatic rings. The lowest BCUT2D eigenvalue weighted by Gasteiger charge is -2.30. The van der Waals surface area contributed by atoms with Crippen molar-refractivity contribution in [3.63, 3.8) is 0 Å². The second-order valence-electron chi connectivity index (χ2n) is 8.94. The molecular formula is C23H27N7O3S. The summed E-state index contributed by atoms with van der Waals surface area (Å²) in [7, 11) is -3.18. The Morgan fingerprint density at radius 2 is 1.82 bits per heavy atom. The second kappa shape index (κ2) is 8.33. The van der Waals surface area contributed by atoms with Crippen LogP contribution in [0.15, 0.2) is 36.7 Å². The fraction of sp³-hybridized carbons (Fsp3) is 0.435. The Morgan fingerprint density at radius 3 is 2.59 bits per heavy atom. The van der Waals surface area contributed by atoms with Crippen LogP contribution in [0.4, 0.5) is 5.95 Å². The third kappa shape index (κ3) is 3.73. The molecule has 178 valence electrons. The number of sulfonamides is 1. The molecule has 0 saturated carbocycles. The van der Waals surface area contributed by atoms with Gasteiger partial charge in [0.25, 0.3) is 0 Å². The number of nitrogens with one attached hydrogen (secondary N) is 1. The van der Waals surface area contributed by atoms with Gasteiger partial charge in [-0.3, -0.25) is 0 Å². The molecular weight excluding hydrogens is 454 g/mol. The molecule has 11 heteroatoms. The maximum Gasteiger partial charge on any atom is 0.228 e. The van der Waals surface area contributed by atoms with Gasteiger partial charge in [0.1, 0.15) is 0 Å². The number of hydrogen-bond donors (Lipinski definition) is 1. The summed E-state index contributed by atoms with van der Waals surface area (Å²) in [5.41, 5.74) is 3.73. The molecule has 10 nitrogen and oxygen atoms in total. The monoisotopic (exact) mass is 481 g/mol. The Bertz CT molecular complexity index is 1450. The molecule has 6 rings (SSSR count). The number of morpholine rings is 1. The number of hydrogen-bond acceptors (Lipinski definition) is 7. The Morgan fingerprint density at radius 1 is 1.03 bits per heavy atom. The summed E-state index contributed by atoms with van der Waals surface area (Å²) >= 11 is 0. The lowest BCUT2D eigenvalue weighted by Crippen LogP contribution is -2.38. The highest BCUT2D eigenvalue weighted by molar-refractivity contribution is 7.88. The Labute approximate surface area is 197 Å². The number of aromatic amines is 1. The van der Waals surface area contributed by atoms with Gasteiger partial charge < -0.3 is 14.6 Å². The number of piperidine rings is 1. The summed E-state index contributed by atoms with van der Waals surface area (Å²) in [4.78, 5) is 15.5. The van der Waals surface area contributed by atoms with Crippen LogP contribution in [0.3, 0.4) is 0 Å². The van der Waals surface area contributed by atoms with Crippen LogP contribution in [0.5, 0.6) is 0 Å². The van der Waals surface area contributed by atoms with E-state index in [-0.39, 0.29) is 6.04 Å². The minimum atomic E-state index is -3.18. The molecule has 5 heterocycles. The average Bonchev–Trinajstić information content (AvgIpc) is 3.51. The van der Waals surface area contributed by atoms with E-state index in [1.54, 1.807) is 4.31 Å². The molecule has 34 heavy (non-hydrogen) atoms. The van der Waals surface area contributed by atoms with Crippen molar-refractivity contribution in [1.82, 2.24) is 29.0 Å². The molecule has 2 aliphatic heterocycles. The number of aromatic nitrogens is 5. The summed E-state index contributed by atoms with van der Waals surface area (Å²) in [6.45, 7) is 3.74. The Kier molecular flexibility index (Phi) is 5.27. The van der Waals surface area contributed by atoms with Crippen molar-refractivity contribution >= 4 is 37.9 Å². The van der Waals surface area contributed by atoms with E-state index in [1.165, 1.54) is 6.26 Å². The molecule has 1 N–H and O–H groups in total. The number of nitrogens with zero attached hydrogens (tertiary/aromatic N) is 6. The van der Waals surface area contributed by atoms with Crippen LogP contribution < -0.4 is 4.90 Å². The van der Waals surface area contributed by atoms with Gasteiger partial charge in [0.05, 0.1) is 42.8 Å². The smallest absolute Gasteiger partial charge is 0.228 e. The summed E-state index contributed by atoms with van der Waals surface area (Å²) in [6.07, 6.45) is 6.45. The van der Waals surface area contributed by atoms with E-state index in [4.69, 9.17) is 19.8 Å². The van der Waals surface area contributed by atoms with Gasteiger partial charge in [-0.15, -0.1) is 0 Å². The second-order valence-corrected chi connectivity index (χ2v) is 10.9. The van der Waals surface area contributed by atoms with Crippen LogP contribution in [0.25, 0.3) is 33.2 Å². The zero-order valence-corrected chi connectivity index (χ0v) is 19.8. The van der Waals surface area contributed by atoms with Crippen LogP contribution in [0.1, 0.15) is 18.9 Å². The van der Waals surface area contributed by atoms with Crippen LogP contribution >= 0.6 is 0 Å². The minimum Gasteiger partial charge on any atom is -0.378 e. The zero-order valence-electron chi connectivity index (χ0n) is 19.0. The van der Waals surface area contributed by atoms with E-state index >= 15 is 0 Å². The van der Waals surface area contributed by atoms with E-state index in [9.17, 15) is 8.42 Å². The van der Waals surface area contributed by atoms with Crippen LogP contribution in [0, 0.1) is 0 Å². The molecule has 0 aliphatic carbocycles. The van der Waals surface area contributed by atoms with Gasteiger partial charge in [-0.25, -0.2) is 22.4 Å². The van der Waals surface area contributed by atoms with Crippen LogP contribution in [0.2, 0.25) is 0 Å². The van der Waals surface area contributed by atoms with E-state index in [0.29, 0.717) is 45.1 Å². The van der Waals surface area contributed by atoms with E-state index in [1.807, 2.05) is 23.1 Å². The summed E-state index contributed by atoms with van der Waals surface area (Å²) in [5, 5.41) is 6.74. The predicted octanol–water partition coefficient (Wildman–Crippen LogP) is 2.41. The first-order valence-electron chi connectivity index (χ1n) is 11.6. The number of ether oxygens (including phenoxy) is 1. The van der Waals surface area contributed by atoms with E-state index < -0.39 is 10.0 Å². The number of anilines is 1. The molecule has 0 unspecified atom stereocenters. The largest absolute Gasteiger partial charge is 0.378 e. The number of rotatable bonds is 4. The SMILES string of the molecule is CS(=O)(=O)N1CCC(n2ncc3c(-c4cccc5[nH]ccc45)nc(N4CCOCC4)nc32)CC1. The van der Waals surface area contributed by atoms with Gasteiger partial charge in [0.15, 0.2) is 5.65 Å². The fourth-order valence-corrected chi connectivity index (χ4v) is 5.88. The van der Waals surface area contributed by atoms with Gasteiger partial charge in [-0.05, 0) is 25.0 Å². The molecule has 4 aromatic rings. The van der Waals surface area contributed by atoms with Crippen LogP contribution in [-0.4, -0.2) is 83.1 Å². The van der Waals surface area contributed by atoms with Crippen molar-refractivity contribution in [3.8, 4) is 11.3 Å². The highest BCUT2D eigenvalue weighted by atomic mass is 32.2. The van der Waals surface area contributed by atoms with Crippen molar-refractivity contribution < 1.29 is 13.2 Å². The topological polar surface area (TPSA) is 109 Å². The summed E-state index contributed by atoms with van der Waals surface area (Å²) in [5.74, 6) is 0.675. The highest BCUT2D eigenvalue weighted by Crippen LogP contribution is 2.35. The number of H-pyrrole nitrogens is 1. The maximum atomic E-state index is 12.0. The van der Waals surface area contributed by atoms with Gasteiger partial charge in [0, 0.05) is 48.8 Å². The Balaban J connectivity index is 1.47. The van der Waals surface area contributed by atoms with Gasteiger partial charge in [-0.2, -0.15) is 10.1 Å². The molecule has 0 atom stereocenters. The molecule has 2 saturated heterocycles. The first-order valence-corrected chi connectivity index (χ1v) is 13.4. The molecule has 1 aromatic carbocycles. The molecule has 0 radical (unpaired) electrons. The number of fused-ring (bicyclic) bond motifs is 2. The third-order valence-corrected chi connectivity index (χ3v) is 8.13. The highest BCUT2D eigenvalue weighted by Gasteiger charge is 2.29. The first kappa shape index (κ1) is 21.5. The summed E-state index contributed by atoms with van der Waals surface area (Å²) in [6, 6.07) is 8.32. The molecule has 3 aromatic heterocycles. The third-order valence-electron chi connectivity index (χ3n) is 6.82. The molecule has 0 amide bonds. The summed E-state index contributed by atoms with van der Waals surface area (Å²) < 4.78 is 33.0. The quantitative estimate of drug-likeness (QED) is 0.477. The Hall–Kier alpha value is -3.02. The fourth-order valence-electron chi connectivity index (χ4n) is 5.00. The first-order chi connectivity index (χ1) is 16.5. The standard InChI is InChI=1S/C23H27N7O3S/c1-34(31,32)29-9-6-16(7-10-29)30-22-19(15-25-30)21(18-3-2-4-20-17(18)5-8-24-20)26-23(27-22)28-11-13-33-14-12-28/h2-5,8,15-16,24H,6-7,9-14H2,1H3. The predicted molar refractivity (Wildman–Crippen MR) is 130 cm³/mol. The van der Waals surface area contributed by atoms with Crippen molar-refractivity contribution in [3.05, 3.63) is 36.7 Å². The lowest BCUT2D eigenvalue weighted by atomic mass is 10.0. The van der Waals surface area contributed by atoms with E-state index in [0.717, 1.165) is 46.3 Å². The van der Waals surface area contributed by atoms with Crippen molar-refractivity contribution in [2.75, 3.05) is 50.5 Å². The van der Waals surface area contributed by atoms with Crippen molar-refractivity contribution in [2.24, 2.45) is 0 Å². The van der Waals surface area contributed by atoms with Crippen LogP contribution in [-0.2, 0) is 14.8 Å².